The molecule has 6 heteroatoms. The van der Waals surface area contributed by atoms with Crippen molar-refractivity contribution in [3.05, 3.63) is 52.6 Å². The molecule has 0 amide bonds. The molecular weight excluding hydrogens is 255 g/mol. The van der Waals surface area contributed by atoms with Crippen LogP contribution in [0, 0.1) is 5.82 Å². The number of rotatable bonds is 4. The summed E-state index contributed by atoms with van der Waals surface area (Å²) in [4.78, 5) is 0. The van der Waals surface area contributed by atoms with Crippen LogP contribution in [0.15, 0.2) is 30.5 Å². The number of aryl methyl sites for hydroxylation is 1. The van der Waals surface area contributed by atoms with Crippen LogP contribution in [0.1, 0.15) is 17.3 Å². The van der Waals surface area contributed by atoms with Gasteiger partial charge in [0.2, 0.25) is 0 Å². The highest BCUT2D eigenvalue weighted by Gasteiger charge is 2.16. The van der Waals surface area contributed by atoms with Gasteiger partial charge in [0.1, 0.15) is 5.82 Å². The first kappa shape index (κ1) is 13.0. The van der Waals surface area contributed by atoms with Gasteiger partial charge in [0.05, 0.1) is 16.8 Å². The second-order valence-electron chi connectivity index (χ2n) is 4.02. The highest BCUT2D eigenvalue weighted by molar-refractivity contribution is 6.31. The smallest absolute Gasteiger partial charge is 0.142 e. The highest BCUT2D eigenvalue weighted by Crippen LogP contribution is 2.24. The standard InChI is InChI=1S/C12H14ClFN4/c1-18-11(5-6-16-18)10(17-15)7-8-3-2-4-9(14)12(8)13/h2-6,10,17H,7,15H2,1H3. The molecule has 2 aromatic rings. The molecule has 0 bridgehead atoms. The van der Waals surface area contributed by atoms with Crippen LogP contribution in [0.5, 0.6) is 0 Å². The number of hydrazine groups is 1. The van der Waals surface area contributed by atoms with Crippen molar-refractivity contribution in [1.29, 1.82) is 0 Å². The molecule has 0 saturated carbocycles. The quantitative estimate of drug-likeness (QED) is 0.658. The number of benzene rings is 1. The number of aromatic nitrogens is 2. The van der Waals surface area contributed by atoms with E-state index in [1.807, 2.05) is 13.1 Å². The third kappa shape index (κ3) is 2.53. The van der Waals surface area contributed by atoms with Crippen LogP contribution in [0.4, 0.5) is 4.39 Å². The van der Waals surface area contributed by atoms with E-state index < -0.39 is 5.82 Å². The van der Waals surface area contributed by atoms with Crippen molar-refractivity contribution in [2.75, 3.05) is 0 Å². The van der Waals surface area contributed by atoms with Crippen LogP contribution < -0.4 is 11.3 Å². The van der Waals surface area contributed by atoms with Crippen molar-refractivity contribution < 1.29 is 4.39 Å². The minimum atomic E-state index is -0.421. The minimum absolute atomic E-state index is 0.139. The Morgan fingerprint density at radius 2 is 2.28 bits per heavy atom. The molecule has 3 N–H and O–H groups in total. The molecule has 96 valence electrons. The zero-order valence-electron chi connectivity index (χ0n) is 9.90. The number of nitrogens with one attached hydrogen (secondary N) is 1. The van der Waals surface area contributed by atoms with Crippen molar-refractivity contribution in [3.8, 4) is 0 Å². The van der Waals surface area contributed by atoms with Gasteiger partial charge in [0.15, 0.2) is 0 Å². The highest BCUT2D eigenvalue weighted by atomic mass is 35.5. The van der Waals surface area contributed by atoms with Gasteiger partial charge in [-0.3, -0.25) is 16.0 Å². The minimum Gasteiger partial charge on any atom is -0.271 e. The first-order valence-electron chi connectivity index (χ1n) is 5.50. The van der Waals surface area contributed by atoms with Crippen LogP contribution in [-0.4, -0.2) is 9.78 Å². The second-order valence-corrected chi connectivity index (χ2v) is 4.39. The van der Waals surface area contributed by atoms with E-state index in [9.17, 15) is 4.39 Å². The normalized spacial score (nSPS) is 12.7. The van der Waals surface area contributed by atoms with Crippen LogP contribution in [0.2, 0.25) is 5.02 Å². The zero-order valence-corrected chi connectivity index (χ0v) is 10.7. The molecule has 0 saturated heterocycles. The van der Waals surface area contributed by atoms with Crippen LogP contribution in [0.25, 0.3) is 0 Å². The largest absolute Gasteiger partial charge is 0.271 e. The number of nitrogens with zero attached hydrogens (tertiary/aromatic N) is 2. The Labute approximate surface area is 110 Å². The third-order valence-electron chi connectivity index (χ3n) is 2.87. The van der Waals surface area contributed by atoms with Gasteiger partial charge in [0.25, 0.3) is 0 Å². The van der Waals surface area contributed by atoms with Gasteiger partial charge in [-0.15, -0.1) is 0 Å². The average molecular weight is 269 g/mol. The molecule has 0 radical (unpaired) electrons. The van der Waals surface area contributed by atoms with E-state index in [0.717, 1.165) is 5.69 Å². The Bertz CT molecular complexity index is 541. The SMILES string of the molecule is Cn1nccc1C(Cc1cccc(F)c1Cl)NN. The molecule has 1 aromatic carbocycles. The lowest BCUT2D eigenvalue weighted by atomic mass is 10.0. The Morgan fingerprint density at radius 1 is 1.50 bits per heavy atom. The Balaban J connectivity index is 2.26. The van der Waals surface area contributed by atoms with Crippen LogP contribution >= 0.6 is 11.6 Å². The summed E-state index contributed by atoms with van der Waals surface area (Å²) < 4.78 is 15.1. The molecule has 0 aliphatic carbocycles. The number of nitrogens with two attached hydrogens (primary N) is 1. The van der Waals surface area contributed by atoms with Crippen molar-refractivity contribution in [2.45, 2.75) is 12.5 Å². The third-order valence-corrected chi connectivity index (χ3v) is 3.30. The lowest BCUT2D eigenvalue weighted by Crippen LogP contribution is -2.31. The van der Waals surface area contributed by atoms with Gasteiger partial charge in [0, 0.05) is 13.2 Å². The molecule has 1 unspecified atom stereocenters. The molecule has 0 aliphatic rings. The topological polar surface area (TPSA) is 55.9 Å². The molecule has 18 heavy (non-hydrogen) atoms. The maximum atomic E-state index is 13.4. The summed E-state index contributed by atoms with van der Waals surface area (Å²) in [6.07, 6.45) is 2.18. The summed E-state index contributed by atoms with van der Waals surface area (Å²) in [6, 6.07) is 6.44. The summed E-state index contributed by atoms with van der Waals surface area (Å²) >= 11 is 5.93. The lowest BCUT2D eigenvalue weighted by molar-refractivity contribution is 0.507. The van der Waals surface area contributed by atoms with Crippen molar-refractivity contribution in [1.82, 2.24) is 15.2 Å². The Morgan fingerprint density at radius 3 is 2.89 bits per heavy atom. The summed E-state index contributed by atoms with van der Waals surface area (Å²) in [7, 11) is 1.83. The van der Waals surface area contributed by atoms with E-state index in [-0.39, 0.29) is 11.1 Å². The molecule has 1 heterocycles. The average Bonchev–Trinajstić information content (AvgIpc) is 2.77. The maximum Gasteiger partial charge on any atom is 0.142 e. The number of hydrogen-bond donors (Lipinski definition) is 2. The lowest BCUT2D eigenvalue weighted by Gasteiger charge is -2.17. The summed E-state index contributed by atoms with van der Waals surface area (Å²) in [5.74, 6) is 5.12. The molecule has 0 fully saturated rings. The Hall–Kier alpha value is -1.43. The monoisotopic (exact) mass is 268 g/mol. The van der Waals surface area contributed by atoms with E-state index in [4.69, 9.17) is 17.4 Å². The van der Waals surface area contributed by atoms with E-state index in [0.29, 0.717) is 12.0 Å². The predicted molar refractivity (Wildman–Crippen MR) is 68.4 cm³/mol. The van der Waals surface area contributed by atoms with Gasteiger partial charge in [-0.1, -0.05) is 23.7 Å². The molecule has 1 atom stereocenters. The first-order valence-corrected chi connectivity index (χ1v) is 5.88. The van der Waals surface area contributed by atoms with Gasteiger partial charge >= 0.3 is 0 Å². The van der Waals surface area contributed by atoms with E-state index in [1.54, 1.807) is 23.0 Å². The maximum absolute atomic E-state index is 13.4. The first-order chi connectivity index (χ1) is 8.63. The summed E-state index contributed by atoms with van der Waals surface area (Å²) in [6.45, 7) is 0. The second kappa shape index (κ2) is 5.48. The fourth-order valence-electron chi connectivity index (χ4n) is 1.90. The van der Waals surface area contributed by atoms with E-state index in [2.05, 4.69) is 10.5 Å². The van der Waals surface area contributed by atoms with Crippen molar-refractivity contribution in [2.24, 2.45) is 12.9 Å². The van der Waals surface area contributed by atoms with Crippen LogP contribution in [0.3, 0.4) is 0 Å². The van der Waals surface area contributed by atoms with Gasteiger partial charge in [-0.05, 0) is 24.1 Å². The van der Waals surface area contributed by atoms with Gasteiger partial charge < -0.3 is 0 Å². The van der Waals surface area contributed by atoms with Crippen LogP contribution in [-0.2, 0) is 13.5 Å². The molecule has 4 nitrogen and oxygen atoms in total. The fourth-order valence-corrected chi connectivity index (χ4v) is 2.10. The van der Waals surface area contributed by atoms with E-state index >= 15 is 0 Å². The molecule has 1 aromatic heterocycles. The van der Waals surface area contributed by atoms with Gasteiger partial charge in [-0.25, -0.2) is 4.39 Å². The molecule has 2 rings (SSSR count). The molecule has 0 aliphatic heterocycles. The predicted octanol–water partition coefficient (Wildman–Crippen LogP) is 1.96. The number of halogens is 2. The molecular formula is C12H14ClFN4. The summed E-state index contributed by atoms with van der Waals surface area (Å²) in [5.41, 5.74) is 4.32. The Kier molecular flexibility index (Phi) is 3.96. The van der Waals surface area contributed by atoms with Crippen molar-refractivity contribution in [3.63, 3.8) is 0 Å². The van der Waals surface area contributed by atoms with Crippen molar-refractivity contribution >= 4 is 11.6 Å². The van der Waals surface area contributed by atoms with E-state index in [1.165, 1.54) is 6.07 Å². The summed E-state index contributed by atoms with van der Waals surface area (Å²) in [5, 5.41) is 4.22. The molecule has 0 spiro atoms. The zero-order chi connectivity index (χ0) is 13.1. The fraction of sp³-hybridized carbons (Fsp3) is 0.250. The number of hydrogen-bond acceptors (Lipinski definition) is 3. The van der Waals surface area contributed by atoms with Gasteiger partial charge in [-0.2, -0.15) is 5.10 Å².